The molecular weight excluding hydrogens is 292 g/mol. The highest BCUT2D eigenvalue weighted by atomic mass is 35.5. The van der Waals surface area contributed by atoms with Crippen molar-refractivity contribution in [2.45, 2.75) is 32.7 Å². The van der Waals surface area contributed by atoms with Gasteiger partial charge in [-0.05, 0) is 37.3 Å². The molecule has 1 saturated heterocycles. The molecule has 5 nitrogen and oxygen atoms in total. The van der Waals surface area contributed by atoms with Crippen LogP contribution in [-0.2, 0) is 4.79 Å². The highest BCUT2D eigenvalue weighted by Crippen LogP contribution is 2.28. The molecule has 1 aromatic rings. The first-order chi connectivity index (χ1) is 9.90. The first kappa shape index (κ1) is 15.6. The minimum atomic E-state index is -0.965. The van der Waals surface area contributed by atoms with E-state index in [-0.39, 0.29) is 0 Å². The molecule has 2 amide bonds. The smallest absolute Gasteiger partial charge is 0.326 e. The van der Waals surface area contributed by atoms with Gasteiger partial charge in [-0.25, -0.2) is 9.59 Å². The van der Waals surface area contributed by atoms with Crippen molar-refractivity contribution in [3.8, 4) is 0 Å². The van der Waals surface area contributed by atoms with Crippen LogP contribution in [0.4, 0.5) is 10.5 Å². The molecule has 0 spiro atoms. The van der Waals surface area contributed by atoms with Gasteiger partial charge >= 0.3 is 12.0 Å². The molecule has 0 aliphatic carbocycles. The van der Waals surface area contributed by atoms with E-state index in [4.69, 9.17) is 11.6 Å². The number of aryl methyl sites for hydroxylation is 1. The summed E-state index contributed by atoms with van der Waals surface area (Å²) < 4.78 is 0. The van der Waals surface area contributed by atoms with Gasteiger partial charge in [0.15, 0.2) is 0 Å². The van der Waals surface area contributed by atoms with Gasteiger partial charge in [0.1, 0.15) is 6.04 Å². The summed E-state index contributed by atoms with van der Waals surface area (Å²) in [5, 5.41) is 12.5. The maximum atomic E-state index is 12.4. The Balaban J connectivity index is 2.17. The zero-order chi connectivity index (χ0) is 15.6. The number of likely N-dealkylation sites (tertiary alicyclic amines) is 1. The number of nitrogens with one attached hydrogen (secondary N) is 1. The van der Waals surface area contributed by atoms with E-state index in [1.165, 1.54) is 4.90 Å². The van der Waals surface area contributed by atoms with E-state index >= 15 is 0 Å². The minimum Gasteiger partial charge on any atom is -0.480 e. The molecule has 1 aromatic carbocycles. The number of carboxylic acids is 1. The SMILES string of the molecule is Cc1cccc(Cl)c1NC(=O)N1CCC(C)CC1C(=O)O. The summed E-state index contributed by atoms with van der Waals surface area (Å²) in [6, 6.07) is 4.14. The number of anilines is 1. The third-order valence-electron chi connectivity index (χ3n) is 3.86. The van der Waals surface area contributed by atoms with Crippen LogP contribution in [0.3, 0.4) is 0 Å². The molecule has 6 heteroatoms. The fraction of sp³-hybridized carbons (Fsp3) is 0.467. The van der Waals surface area contributed by atoms with E-state index < -0.39 is 18.0 Å². The van der Waals surface area contributed by atoms with Crippen molar-refractivity contribution in [2.24, 2.45) is 5.92 Å². The minimum absolute atomic E-state index is 0.303. The van der Waals surface area contributed by atoms with Crippen LogP contribution in [0.15, 0.2) is 18.2 Å². The van der Waals surface area contributed by atoms with Gasteiger partial charge in [0, 0.05) is 6.54 Å². The molecule has 0 radical (unpaired) electrons. The molecule has 1 aliphatic rings. The highest BCUT2D eigenvalue weighted by Gasteiger charge is 2.35. The fourth-order valence-electron chi connectivity index (χ4n) is 2.59. The summed E-state index contributed by atoms with van der Waals surface area (Å²) >= 11 is 6.09. The van der Waals surface area contributed by atoms with Crippen molar-refractivity contribution in [3.05, 3.63) is 28.8 Å². The predicted molar refractivity (Wildman–Crippen MR) is 81.7 cm³/mol. The molecule has 21 heavy (non-hydrogen) atoms. The van der Waals surface area contributed by atoms with Gasteiger partial charge in [0.2, 0.25) is 0 Å². The topological polar surface area (TPSA) is 69.6 Å². The Hall–Kier alpha value is -1.75. The molecule has 1 heterocycles. The Morgan fingerprint density at radius 3 is 2.76 bits per heavy atom. The zero-order valence-corrected chi connectivity index (χ0v) is 12.9. The number of halogens is 1. The number of amides is 2. The second kappa shape index (κ2) is 6.35. The van der Waals surface area contributed by atoms with Crippen LogP contribution in [0.25, 0.3) is 0 Å². The van der Waals surface area contributed by atoms with Crippen molar-refractivity contribution in [2.75, 3.05) is 11.9 Å². The number of hydrogen-bond donors (Lipinski definition) is 2. The van der Waals surface area contributed by atoms with Crippen molar-refractivity contribution < 1.29 is 14.7 Å². The molecule has 2 unspecified atom stereocenters. The number of nitrogens with zero attached hydrogens (tertiary/aromatic N) is 1. The molecule has 114 valence electrons. The average molecular weight is 311 g/mol. The van der Waals surface area contributed by atoms with E-state index in [2.05, 4.69) is 5.32 Å². The lowest BCUT2D eigenvalue weighted by Gasteiger charge is -2.36. The summed E-state index contributed by atoms with van der Waals surface area (Å²) in [5.41, 5.74) is 1.38. The van der Waals surface area contributed by atoms with Crippen LogP contribution in [-0.4, -0.2) is 34.6 Å². The number of rotatable bonds is 2. The Morgan fingerprint density at radius 2 is 2.14 bits per heavy atom. The van der Waals surface area contributed by atoms with Crippen LogP contribution in [0.2, 0.25) is 5.02 Å². The van der Waals surface area contributed by atoms with Gasteiger partial charge in [0.05, 0.1) is 10.7 Å². The first-order valence-corrected chi connectivity index (χ1v) is 7.33. The van der Waals surface area contributed by atoms with Gasteiger partial charge in [-0.2, -0.15) is 0 Å². The number of urea groups is 1. The number of para-hydroxylation sites is 1. The Bertz CT molecular complexity index is 542. The van der Waals surface area contributed by atoms with Gasteiger partial charge in [-0.3, -0.25) is 0 Å². The standard InChI is InChI=1S/C15H19ClN2O3/c1-9-6-7-18(12(8-9)14(19)20)15(21)17-13-10(2)4-3-5-11(13)16/h3-5,9,12H,6-8H2,1-2H3,(H,17,21)(H,19,20). The van der Waals surface area contributed by atoms with Crippen LogP contribution < -0.4 is 5.32 Å². The second-order valence-electron chi connectivity index (χ2n) is 5.54. The third-order valence-corrected chi connectivity index (χ3v) is 4.18. The fourth-order valence-corrected chi connectivity index (χ4v) is 2.86. The van der Waals surface area contributed by atoms with Crippen LogP contribution in [0.5, 0.6) is 0 Å². The molecule has 0 aromatic heterocycles. The number of carbonyl (C=O) groups excluding carboxylic acids is 1. The normalized spacial score (nSPS) is 22.0. The number of piperidine rings is 1. The number of benzene rings is 1. The lowest BCUT2D eigenvalue weighted by molar-refractivity contribution is -0.143. The lowest BCUT2D eigenvalue weighted by Crippen LogP contribution is -2.51. The molecule has 1 aliphatic heterocycles. The number of carboxylic acid groups (broad SMARTS) is 1. The van der Waals surface area contributed by atoms with Crippen molar-refractivity contribution in [3.63, 3.8) is 0 Å². The molecule has 2 N–H and O–H groups in total. The zero-order valence-electron chi connectivity index (χ0n) is 12.1. The predicted octanol–water partition coefficient (Wildman–Crippen LogP) is 3.37. The van der Waals surface area contributed by atoms with Crippen LogP contribution in [0, 0.1) is 12.8 Å². The van der Waals surface area contributed by atoms with Gasteiger partial charge < -0.3 is 15.3 Å². The van der Waals surface area contributed by atoms with Crippen LogP contribution in [0.1, 0.15) is 25.3 Å². The highest BCUT2D eigenvalue weighted by molar-refractivity contribution is 6.33. The lowest BCUT2D eigenvalue weighted by atomic mass is 9.93. The van der Waals surface area contributed by atoms with Gasteiger partial charge in [0.25, 0.3) is 0 Å². The van der Waals surface area contributed by atoms with E-state index in [9.17, 15) is 14.7 Å². The molecule has 1 fully saturated rings. The summed E-state index contributed by atoms with van der Waals surface area (Å²) in [6.07, 6.45) is 1.28. The van der Waals surface area contributed by atoms with Gasteiger partial charge in [-0.1, -0.05) is 30.7 Å². The van der Waals surface area contributed by atoms with E-state index in [0.717, 1.165) is 12.0 Å². The van der Waals surface area contributed by atoms with Gasteiger partial charge in [-0.15, -0.1) is 0 Å². The first-order valence-electron chi connectivity index (χ1n) is 6.95. The Labute approximate surface area is 128 Å². The summed E-state index contributed by atoms with van der Waals surface area (Å²) in [6.45, 7) is 4.28. The maximum absolute atomic E-state index is 12.4. The van der Waals surface area contributed by atoms with Crippen molar-refractivity contribution >= 4 is 29.3 Å². The Kier molecular flexibility index (Phi) is 4.73. The molecule has 0 bridgehead atoms. The number of carbonyl (C=O) groups is 2. The second-order valence-corrected chi connectivity index (χ2v) is 5.95. The summed E-state index contributed by atoms with van der Waals surface area (Å²) in [5.74, 6) is -0.662. The van der Waals surface area contributed by atoms with Crippen molar-refractivity contribution in [1.82, 2.24) is 4.90 Å². The summed E-state index contributed by atoms with van der Waals surface area (Å²) in [4.78, 5) is 25.1. The molecule has 2 rings (SSSR count). The molecular formula is C15H19ClN2O3. The molecule has 2 atom stereocenters. The average Bonchev–Trinajstić information content (AvgIpc) is 2.42. The third kappa shape index (κ3) is 3.47. The monoisotopic (exact) mass is 310 g/mol. The van der Waals surface area contributed by atoms with E-state index in [1.54, 1.807) is 12.1 Å². The maximum Gasteiger partial charge on any atom is 0.326 e. The number of aliphatic carboxylic acids is 1. The van der Waals surface area contributed by atoms with Crippen molar-refractivity contribution in [1.29, 1.82) is 0 Å². The van der Waals surface area contributed by atoms with E-state index in [0.29, 0.717) is 29.6 Å². The summed E-state index contributed by atoms with van der Waals surface area (Å²) in [7, 11) is 0. The quantitative estimate of drug-likeness (QED) is 0.880. The van der Waals surface area contributed by atoms with E-state index in [1.807, 2.05) is 19.9 Å². The number of hydrogen-bond acceptors (Lipinski definition) is 2. The molecule has 0 saturated carbocycles. The largest absolute Gasteiger partial charge is 0.480 e. The van der Waals surface area contributed by atoms with Crippen LogP contribution >= 0.6 is 11.6 Å². The Morgan fingerprint density at radius 1 is 1.43 bits per heavy atom.